The van der Waals surface area contributed by atoms with Crippen molar-refractivity contribution in [2.24, 2.45) is 0 Å². The molecule has 0 aliphatic heterocycles. The van der Waals surface area contributed by atoms with Gasteiger partial charge >= 0.3 is 0 Å². The van der Waals surface area contributed by atoms with E-state index in [9.17, 15) is 0 Å². The summed E-state index contributed by atoms with van der Waals surface area (Å²) in [4.78, 5) is 3.99. The summed E-state index contributed by atoms with van der Waals surface area (Å²) in [7, 11) is 0. The van der Waals surface area contributed by atoms with Crippen LogP contribution >= 0.6 is 11.6 Å². The van der Waals surface area contributed by atoms with Crippen LogP contribution in [0.4, 0.5) is 5.69 Å². The van der Waals surface area contributed by atoms with E-state index in [4.69, 9.17) is 27.3 Å². The Hall–Kier alpha value is -2.25. The number of hydrogen-bond donors (Lipinski definition) is 1. The maximum atomic E-state index is 8.83. The predicted octanol–water partition coefficient (Wildman–Crippen LogP) is 2.77. The van der Waals surface area contributed by atoms with Crippen LogP contribution in [0.3, 0.4) is 0 Å². The fourth-order valence-corrected chi connectivity index (χ4v) is 1.59. The molecule has 18 heavy (non-hydrogen) atoms. The van der Waals surface area contributed by atoms with E-state index >= 15 is 0 Å². The van der Waals surface area contributed by atoms with Crippen molar-refractivity contribution < 1.29 is 4.74 Å². The first-order valence-corrected chi connectivity index (χ1v) is 5.60. The normalized spacial score (nSPS) is 9.78. The third-order valence-electron chi connectivity index (χ3n) is 2.33. The number of hydrogen-bond acceptors (Lipinski definition) is 4. The number of pyridine rings is 1. The fraction of sp³-hybridized carbons (Fsp3) is 0.0769. The molecule has 0 atom stereocenters. The lowest BCUT2D eigenvalue weighted by Crippen LogP contribution is -1.99. The Kier molecular flexibility index (Phi) is 3.66. The quantitative estimate of drug-likeness (QED) is 0.861. The molecular weight excluding hydrogens is 250 g/mol. The predicted molar refractivity (Wildman–Crippen MR) is 69.1 cm³/mol. The van der Waals surface area contributed by atoms with Gasteiger partial charge in [-0.3, -0.25) is 0 Å². The van der Waals surface area contributed by atoms with Crippen molar-refractivity contribution in [2.45, 2.75) is 6.61 Å². The van der Waals surface area contributed by atoms with E-state index in [1.54, 1.807) is 18.2 Å². The second-order valence-corrected chi connectivity index (χ2v) is 4.00. The van der Waals surface area contributed by atoms with Crippen molar-refractivity contribution >= 4 is 17.3 Å². The summed E-state index contributed by atoms with van der Waals surface area (Å²) >= 11 is 5.97. The van der Waals surface area contributed by atoms with Crippen LogP contribution in [-0.2, 0) is 6.61 Å². The van der Waals surface area contributed by atoms with Crippen LogP contribution in [0.2, 0.25) is 5.02 Å². The summed E-state index contributed by atoms with van der Waals surface area (Å²) in [6.07, 6.45) is 1.49. The first-order valence-electron chi connectivity index (χ1n) is 5.22. The molecular formula is C13H10ClN3O. The minimum atomic E-state index is 0.232. The lowest BCUT2D eigenvalue weighted by atomic mass is 10.2. The van der Waals surface area contributed by atoms with Crippen LogP contribution in [-0.4, -0.2) is 4.98 Å². The molecule has 2 N–H and O–H groups in total. The summed E-state index contributed by atoms with van der Waals surface area (Å²) in [5.41, 5.74) is 7.58. The molecule has 2 aromatic rings. The lowest BCUT2D eigenvalue weighted by Gasteiger charge is -2.07. The van der Waals surface area contributed by atoms with Gasteiger partial charge in [0.2, 0.25) is 5.88 Å². The van der Waals surface area contributed by atoms with Crippen LogP contribution in [0.25, 0.3) is 0 Å². The smallest absolute Gasteiger partial charge is 0.234 e. The van der Waals surface area contributed by atoms with E-state index in [1.807, 2.05) is 18.2 Å². The highest BCUT2D eigenvalue weighted by molar-refractivity contribution is 6.32. The number of aromatic nitrogens is 1. The van der Waals surface area contributed by atoms with Gasteiger partial charge in [-0.1, -0.05) is 23.7 Å². The molecule has 2 rings (SSSR count). The maximum absolute atomic E-state index is 8.83. The van der Waals surface area contributed by atoms with Crippen molar-refractivity contribution in [1.29, 1.82) is 5.26 Å². The Balaban J connectivity index is 2.11. The molecule has 0 fully saturated rings. The molecule has 5 heteroatoms. The highest BCUT2D eigenvalue weighted by atomic mass is 35.5. The van der Waals surface area contributed by atoms with E-state index in [2.05, 4.69) is 4.98 Å². The third-order valence-corrected chi connectivity index (χ3v) is 2.70. The molecule has 4 nitrogen and oxygen atoms in total. The molecule has 0 saturated carbocycles. The molecule has 0 aliphatic rings. The zero-order chi connectivity index (χ0) is 13.0. The van der Waals surface area contributed by atoms with Crippen LogP contribution in [0.5, 0.6) is 5.88 Å². The largest absolute Gasteiger partial charge is 0.472 e. The fourth-order valence-electron chi connectivity index (χ4n) is 1.38. The van der Waals surface area contributed by atoms with Crippen molar-refractivity contribution in [2.75, 3.05) is 5.73 Å². The molecule has 1 aromatic heterocycles. The molecule has 1 heterocycles. The standard InChI is InChI=1S/C13H10ClN3O/c14-12-10(7-15)5-6-17-13(12)18-8-9-1-3-11(16)4-2-9/h1-6H,8,16H2. The molecule has 0 bridgehead atoms. The zero-order valence-corrected chi connectivity index (χ0v) is 10.2. The molecule has 90 valence electrons. The monoisotopic (exact) mass is 259 g/mol. The van der Waals surface area contributed by atoms with Gasteiger partial charge < -0.3 is 10.5 Å². The number of nitriles is 1. The average Bonchev–Trinajstić information content (AvgIpc) is 2.39. The number of nitrogens with two attached hydrogens (primary N) is 1. The van der Waals surface area contributed by atoms with Gasteiger partial charge in [0.25, 0.3) is 0 Å². The van der Waals surface area contributed by atoms with Crippen LogP contribution < -0.4 is 10.5 Å². The topological polar surface area (TPSA) is 71.9 Å². The highest BCUT2D eigenvalue weighted by Gasteiger charge is 2.08. The second kappa shape index (κ2) is 5.39. The number of nitrogen functional groups attached to an aromatic ring is 1. The van der Waals surface area contributed by atoms with Crippen molar-refractivity contribution in [3.05, 3.63) is 52.7 Å². The van der Waals surface area contributed by atoms with E-state index in [1.165, 1.54) is 6.20 Å². The van der Waals surface area contributed by atoms with Crippen LogP contribution in [0.15, 0.2) is 36.5 Å². The molecule has 0 amide bonds. The third kappa shape index (κ3) is 2.70. The number of halogens is 1. The minimum absolute atomic E-state index is 0.232. The molecule has 0 saturated heterocycles. The van der Waals surface area contributed by atoms with E-state index in [0.29, 0.717) is 17.9 Å². The number of anilines is 1. The number of rotatable bonds is 3. The first-order chi connectivity index (χ1) is 8.70. The molecule has 0 unspecified atom stereocenters. The van der Waals surface area contributed by atoms with Gasteiger partial charge in [0.1, 0.15) is 17.7 Å². The van der Waals surface area contributed by atoms with E-state index < -0.39 is 0 Å². The SMILES string of the molecule is N#Cc1ccnc(OCc2ccc(N)cc2)c1Cl. The van der Waals surface area contributed by atoms with Gasteiger partial charge in [0.15, 0.2) is 0 Å². The highest BCUT2D eigenvalue weighted by Crippen LogP contribution is 2.25. The Morgan fingerprint density at radius 1 is 1.28 bits per heavy atom. The Morgan fingerprint density at radius 3 is 2.67 bits per heavy atom. The Bertz CT molecular complexity index is 590. The van der Waals surface area contributed by atoms with E-state index in [-0.39, 0.29) is 10.9 Å². The average molecular weight is 260 g/mol. The summed E-state index contributed by atoms with van der Waals surface area (Å²) in [6.45, 7) is 0.321. The van der Waals surface area contributed by atoms with Gasteiger partial charge in [0, 0.05) is 11.9 Å². The van der Waals surface area contributed by atoms with Gasteiger partial charge in [-0.2, -0.15) is 5.26 Å². The van der Waals surface area contributed by atoms with Gasteiger partial charge in [-0.25, -0.2) is 4.98 Å². The van der Waals surface area contributed by atoms with Crippen LogP contribution in [0.1, 0.15) is 11.1 Å². The molecule has 0 radical (unpaired) electrons. The minimum Gasteiger partial charge on any atom is -0.472 e. The van der Waals surface area contributed by atoms with Crippen molar-refractivity contribution in [1.82, 2.24) is 4.98 Å². The van der Waals surface area contributed by atoms with Gasteiger partial charge in [0.05, 0.1) is 5.56 Å². The Morgan fingerprint density at radius 2 is 2.00 bits per heavy atom. The van der Waals surface area contributed by atoms with E-state index in [0.717, 1.165) is 5.56 Å². The molecule has 1 aromatic carbocycles. The summed E-state index contributed by atoms with van der Waals surface area (Å²) in [6, 6.07) is 10.8. The number of benzene rings is 1. The molecule has 0 spiro atoms. The van der Waals surface area contributed by atoms with Crippen molar-refractivity contribution in [3.63, 3.8) is 0 Å². The lowest BCUT2D eigenvalue weighted by molar-refractivity contribution is 0.294. The van der Waals surface area contributed by atoms with Gasteiger partial charge in [-0.15, -0.1) is 0 Å². The number of nitrogens with zero attached hydrogens (tertiary/aromatic N) is 2. The summed E-state index contributed by atoms with van der Waals surface area (Å²) < 4.78 is 5.47. The zero-order valence-electron chi connectivity index (χ0n) is 9.43. The maximum Gasteiger partial charge on any atom is 0.234 e. The molecule has 0 aliphatic carbocycles. The summed E-state index contributed by atoms with van der Waals surface area (Å²) in [5, 5.41) is 9.06. The Labute approximate surface area is 110 Å². The first kappa shape index (κ1) is 12.2. The second-order valence-electron chi connectivity index (χ2n) is 3.62. The number of ether oxygens (including phenoxy) is 1. The van der Waals surface area contributed by atoms with Crippen LogP contribution in [0, 0.1) is 11.3 Å². The van der Waals surface area contributed by atoms with Crippen molar-refractivity contribution in [3.8, 4) is 11.9 Å². The van der Waals surface area contributed by atoms with Gasteiger partial charge in [-0.05, 0) is 23.8 Å². The summed E-state index contributed by atoms with van der Waals surface area (Å²) in [5.74, 6) is 0.257.